The van der Waals surface area contributed by atoms with Crippen LogP contribution in [0, 0.1) is 25.7 Å². The first kappa shape index (κ1) is 15.7. The monoisotopic (exact) mass is 326 g/mol. The highest BCUT2D eigenvalue weighted by molar-refractivity contribution is 7.89. The fourth-order valence-corrected chi connectivity index (χ4v) is 3.96. The van der Waals surface area contributed by atoms with E-state index in [1.165, 1.54) is 11.3 Å². The van der Waals surface area contributed by atoms with Crippen LogP contribution in [0.3, 0.4) is 0 Å². The Morgan fingerprint density at radius 3 is 2.86 bits per heavy atom. The summed E-state index contributed by atoms with van der Waals surface area (Å²) < 4.78 is 31.8. The van der Waals surface area contributed by atoms with Crippen LogP contribution in [-0.4, -0.2) is 25.3 Å². The molecule has 8 heteroatoms. The molecule has 6 nitrogen and oxygen atoms in total. The van der Waals surface area contributed by atoms with Crippen molar-refractivity contribution in [3.05, 3.63) is 33.3 Å². The van der Waals surface area contributed by atoms with Crippen molar-refractivity contribution < 1.29 is 18.0 Å². The van der Waals surface area contributed by atoms with Crippen LogP contribution in [0.25, 0.3) is 0 Å². The highest BCUT2D eigenvalue weighted by Crippen LogP contribution is 2.20. The Bertz CT molecular complexity index is 774. The smallest absolute Gasteiger partial charge is 0.246 e. The number of thiophene rings is 1. The Morgan fingerprint density at radius 1 is 1.48 bits per heavy atom. The number of aliphatic hydroxyl groups excluding tert-OH is 1. The molecule has 0 saturated heterocycles. The third-order valence-corrected chi connectivity index (χ3v) is 5.22. The number of hydrogen-bond acceptors (Lipinski definition) is 6. The van der Waals surface area contributed by atoms with Gasteiger partial charge in [0.1, 0.15) is 17.2 Å². The van der Waals surface area contributed by atoms with Crippen LogP contribution in [0.2, 0.25) is 0 Å². The van der Waals surface area contributed by atoms with Crippen LogP contribution < -0.4 is 4.72 Å². The van der Waals surface area contributed by atoms with Crippen molar-refractivity contribution in [3.8, 4) is 11.8 Å². The van der Waals surface area contributed by atoms with E-state index in [0.29, 0.717) is 5.69 Å². The van der Waals surface area contributed by atoms with Crippen molar-refractivity contribution in [2.45, 2.75) is 25.3 Å². The lowest BCUT2D eigenvalue weighted by atomic mass is 10.3. The van der Waals surface area contributed by atoms with Gasteiger partial charge in [-0.1, -0.05) is 17.0 Å². The van der Waals surface area contributed by atoms with Gasteiger partial charge in [0, 0.05) is 22.4 Å². The normalized spacial score (nSPS) is 11.2. The lowest BCUT2D eigenvalue weighted by molar-refractivity contribution is 0.350. The van der Waals surface area contributed by atoms with Crippen LogP contribution in [0.4, 0.5) is 0 Å². The molecular weight excluding hydrogens is 312 g/mol. The Labute approximate surface area is 126 Å². The summed E-state index contributed by atoms with van der Waals surface area (Å²) in [6, 6.07) is 1.78. The predicted octanol–water partition coefficient (Wildman–Crippen LogP) is 1.18. The van der Waals surface area contributed by atoms with Crippen LogP contribution in [0.15, 0.2) is 20.9 Å². The number of aromatic nitrogens is 1. The van der Waals surface area contributed by atoms with Crippen LogP contribution >= 0.6 is 11.3 Å². The van der Waals surface area contributed by atoms with Gasteiger partial charge >= 0.3 is 0 Å². The van der Waals surface area contributed by atoms with Gasteiger partial charge in [-0.05, 0) is 19.9 Å². The number of nitrogens with zero attached hydrogens (tertiary/aromatic N) is 1. The van der Waals surface area contributed by atoms with E-state index < -0.39 is 10.0 Å². The van der Waals surface area contributed by atoms with Gasteiger partial charge in [0.15, 0.2) is 5.76 Å². The Kier molecular flexibility index (Phi) is 4.80. The quantitative estimate of drug-likeness (QED) is 0.823. The van der Waals surface area contributed by atoms with Crippen molar-refractivity contribution >= 4 is 21.4 Å². The fraction of sp³-hybridized carbons (Fsp3) is 0.308. The topological polar surface area (TPSA) is 92.4 Å². The van der Waals surface area contributed by atoms with E-state index in [1.807, 2.05) is 5.38 Å². The number of aryl methyl sites for hydroxylation is 2. The third-order valence-electron chi connectivity index (χ3n) is 2.64. The summed E-state index contributed by atoms with van der Waals surface area (Å²) in [5.74, 6) is 5.57. The SMILES string of the molecule is Cc1noc(C)c1S(=O)(=O)NCc1cc(C#CCO)cs1. The lowest BCUT2D eigenvalue weighted by Gasteiger charge is -2.04. The van der Waals surface area contributed by atoms with Gasteiger partial charge in [-0.2, -0.15) is 0 Å². The van der Waals surface area contributed by atoms with Gasteiger partial charge < -0.3 is 9.63 Å². The first-order valence-corrected chi connectivity index (χ1v) is 8.40. The van der Waals surface area contributed by atoms with Gasteiger partial charge in [0.05, 0.1) is 0 Å². The third kappa shape index (κ3) is 3.71. The number of hydrogen-bond donors (Lipinski definition) is 2. The molecule has 0 saturated carbocycles. The molecule has 2 aromatic heterocycles. The molecule has 0 aliphatic rings. The molecular formula is C13H14N2O4S2. The molecule has 0 atom stereocenters. The first-order valence-electron chi connectivity index (χ1n) is 6.03. The molecule has 0 aliphatic carbocycles. The van der Waals surface area contributed by atoms with Crippen molar-refractivity contribution in [1.29, 1.82) is 0 Å². The van der Waals surface area contributed by atoms with Crippen LogP contribution in [-0.2, 0) is 16.6 Å². The zero-order chi connectivity index (χ0) is 15.5. The van der Waals surface area contributed by atoms with E-state index in [4.69, 9.17) is 9.63 Å². The molecule has 0 amide bonds. The molecule has 0 aliphatic heterocycles. The zero-order valence-electron chi connectivity index (χ0n) is 11.5. The zero-order valence-corrected chi connectivity index (χ0v) is 13.1. The summed E-state index contributed by atoms with van der Waals surface area (Å²) in [6.07, 6.45) is 0. The standard InChI is InChI=1S/C13H14N2O4S2/c1-9-13(10(2)19-15-9)21(17,18)14-7-12-6-11(8-20-12)4-3-5-16/h6,8,14,16H,5,7H2,1-2H3. The Hall–Kier alpha value is -1.66. The average molecular weight is 326 g/mol. The molecule has 21 heavy (non-hydrogen) atoms. The number of rotatable bonds is 4. The molecule has 2 aromatic rings. The summed E-state index contributed by atoms with van der Waals surface area (Å²) in [4.78, 5) is 0.909. The van der Waals surface area contributed by atoms with Gasteiger partial charge in [-0.3, -0.25) is 0 Å². The van der Waals surface area contributed by atoms with Crippen molar-refractivity contribution in [2.75, 3.05) is 6.61 Å². The summed E-state index contributed by atoms with van der Waals surface area (Å²) in [5.41, 5.74) is 1.08. The summed E-state index contributed by atoms with van der Waals surface area (Å²) >= 11 is 1.40. The first-order chi connectivity index (χ1) is 9.94. The van der Waals surface area contributed by atoms with E-state index in [2.05, 4.69) is 21.7 Å². The van der Waals surface area contributed by atoms with Crippen molar-refractivity contribution in [1.82, 2.24) is 9.88 Å². The van der Waals surface area contributed by atoms with Gasteiger partial charge in [0.2, 0.25) is 10.0 Å². The second kappa shape index (κ2) is 6.41. The molecule has 0 radical (unpaired) electrons. The van der Waals surface area contributed by atoms with Crippen molar-refractivity contribution in [2.24, 2.45) is 0 Å². The van der Waals surface area contributed by atoms with E-state index in [-0.39, 0.29) is 23.8 Å². The lowest BCUT2D eigenvalue weighted by Crippen LogP contribution is -2.23. The summed E-state index contributed by atoms with van der Waals surface area (Å²) in [5, 5.41) is 14.1. The van der Waals surface area contributed by atoms with Crippen molar-refractivity contribution in [3.63, 3.8) is 0 Å². The summed E-state index contributed by atoms with van der Waals surface area (Å²) in [6.45, 7) is 3.10. The highest BCUT2D eigenvalue weighted by atomic mass is 32.2. The maximum absolute atomic E-state index is 12.2. The fourth-order valence-electron chi connectivity index (χ4n) is 1.78. The van der Waals surface area contributed by atoms with E-state index in [1.54, 1.807) is 19.9 Å². The minimum atomic E-state index is -3.66. The minimum absolute atomic E-state index is 0.0827. The Morgan fingerprint density at radius 2 is 2.24 bits per heavy atom. The van der Waals surface area contributed by atoms with Gasteiger partial charge in [-0.15, -0.1) is 11.3 Å². The number of aliphatic hydroxyl groups is 1. The molecule has 2 N–H and O–H groups in total. The molecule has 0 bridgehead atoms. The minimum Gasteiger partial charge on any atom is -0.384 e. The molecule has 0 fully saturated rings. The van der Waals surface area contributed by atoms with Gasteiger partial charge in [0.25, 0.3) is 0 Å². The van der Waals surface area contributed by atoms with E-state index in [0.717, 1.165) is 10.4 Å². The van der Waals surface area contributed by atoms with Crippen LogP contribution in [0.5, 0.6) is 0 Å². The molecule has 112 valence electrons. The second-order valence-corrected chi connectivity index (χ2v) is 6.94. The van der Waals surface area contributed by atoms with Crippen LogP contribution in [0.1, 0.15) is 21.9 Å². The summed E-state index contributed by atoms with van der Waals surface area (Å²) in [7, 11) is -3.66. The molecule has 2 rings (SSSR count). The largest absolute Gasteiger partial charge is 0.384 e. The maximum atomic E-state index is 12.2. The second-order valence-electron chi connectivity index (χ2n) is 4.24. The predicted molar refractivity (Wildman–Crippen MR) is 78.3 cm³/mol. The molecule has 0 unspecified atom stereocenters. The van der Waals surface area contributed by atoms with E-state index >= 15 is 0 Å². The number of sulfonamides is 1. The number of nitrogens with one attached hydrogen (secondary N) is 1. The average Bonchev–Trinajstić information content (AvgIpc) is 3.01. The Balaban J connectivity index is 2.11. The molecule has 0 aromatic carbocycles. The molecule has 2 heterocycles. The maximum Gasteiger partial charge on any atom is 0.246 e. The van der Waals surface area contributed by atoms with E-state index in [9.17, 15) is 8.42 Å². The molecule has 0 spiro atoms. The van der Waals surface area contributed by atoms with Gasteiger partial charge in [-0.25, -0.2) is 13.1 Å². The highest BCUT2D eigenvalue weighted by Gasteiger charge is 2.23.